The number of aryl methyl sites for hydroxylation is 2. The zero-order valence-electron chi connectivity index (χ0n) is 20.9. The van der Waals surface area contributed by atoms with Gasteiger partial charge in [-0.3, -0.25) is 8.80 Å². The van der Waals surface area contributed by atoms with E-state index in [1.165, 1.54) is 7.05 Å². The number of nitrogens with two attached hydrogens (primary N) is 1. The summed E-state index contributed by atoms with van der Waals surface area (Å²) in [5.41, 5.74) is 12.5. The minimum Gasteiger partial charge on any atom is -0.374 e. The summed E-state index contributed by atoms with van der Waals surface area (Å²) >= 11 is 6.23. The molecule has 0 aliphatic carbocycles. The average Bonchev–Trinajstić information content (AvgIpc) is 3.49. The van der Waals surface area contributed by atoms with Crippen LogP contribution in [0.4, 0.5) is 5.82 Å². The molecule has 2 aromatic carbocycles. The average molecular weight is 509 g/mol. The summed E-state index contributed by atoms with van der Waals surface area (Å²) in [6.07, 6.45) is 0. The Balaban J connectivity index is 0.000000162. The van der Waals surface area contributed by atoms with Gasteiger partial charge in [-0.1, -0.05) is 35.9 Å². The van der Waals surface area contributed by atoms with E-state index < -0.39 is 0 Å². The second-order valence-electron chi connectivity index (χ2n) is 8.11. The number of hydrogen-bond acceptors (Lipinski definition) is 6. The molecule has 0 unspecified atom stereocenters. The van der Waals surface area contributed by atoms with Gasteiger partial charge in [0.15, 0.2) is 11.3 Å². The molecule has 4 heterocycles. The molecule has 0 aliphatic rings. The number of nitrogens with one attached hydrogen (secondary N) is 1. The second-order valence-corrected chi connectivity index (χ2v) is 8.49. The van der Waals surface area contributed by atoms with E-state index in [0.29, 0.717) is 27.6 Å². The fourth-order valence-corrected chi connectivity index (χ4v) is 4.65. The van der Waals surface area contributed by atoms with E-state index >= 15 is 0 Å². The fourth-order valence-electron chi connectivity index (χ4n) is 4.32. The van der Waals surface area contributed by atoms with Gasteiger partial charge in [-0.05, 0) is 68.4 Å². The Morgan fingerprint density at radius 3 is 1.76 bits per heavy atom. The quantitative estimate of drug-likeness (QED) is 0.279. The first-order valence-electron chi connectivity index (χ1n) is 11.5. The summed E-state index contributed by atoms with van der Waals surface area (Å²) in [6, 6.07) is 23.8. The third kappa shape index (κ3) is 4.30. The van der Waals surface area contributed by atoms with Crippen molar-refractivity contribution in [1.29, 1.82) is 10.5 Å². The Bertz CT molecular complexity index is 1850. The molecule has 0 amide bonds. The van der Waals surface area contributed by atoms with E-state index in [1.807, 2.05) is 84.3 Å². The molecule has 3 N–H and O–H groups in total. The Labute approximate surface area is 219 Å². The van der Waals surface area contributed by atoms with Crippen molar-refractivity contribution in [3.63, 3.8) is 0 Å². The number of pyridine rings is 2. The number of nitrogens with zero attached hydrogens (tertiary/aromatic N) is 6. The highest BCUT2D eigenvalue weighted by Gasteiger charge is 2.14. The molecule has 8 nitrogen and oxygen atoms in total. The molecule has 0 fully saturated rings. The molecular formula is C28H25ClN8. The van der Waals surface area contributed by atoms with Crippen LogP contribution in [-0.2, 0) is 0 Å². The number of hydrogen-bond donors (Lipinski definition) is 2. The van der Waals surface area contributed by atoms with Crippen LogP contribution in [0.1, 0.15) is 22.3 Å². The van der Waals surface area contributed by atoms with Crippen molar-refractivity contribution >= 4 is 50.8 Å². The van der Waals surface area contributed by atoms with Gasteiger partial charge in [-0.2, -0.15) is 10.5 Å². The van der Waals surface area contributed by atoms with Gasteiger partial charge >= 0.3 is 0 Å². The van der Waals surface area contributed by atoms with Gasteiger partial charge in [0.25, 0.3) is 0 Å². The lowest BCUT2D eigenvalue weighted by atomic mass is 10.1. The maximum atomic E-state index is 9.28. The highest BCUT2D eigenvalue weighted by atomic mass is 35.5. The molecule has 0 atom stereocenters. The fraction of sp³-hybridized carbons (Fsp3) is 0.143. The minimum absolute atomic E-state index is 0.574. The largest absolute Gasteiger partial charge is 0.374 e. The maximum absolute atomic E-state index is 9.28. The van der Waals surface area contributed by atoms with Crippen LogP contribution < -0.4 is 11.1 Å². The predicted octanol–water partition coefficient (Wildman–Crippen LogP) is 5.61. The Morgan fingerprint density at radius 1 is 0.784 bits per heavy atom. The van der Waals surface area contributed by atoms with E-state index in [2.05, 4.69) is 33.2 Å². The molecule has 0 saturated heterocycles. The molecule has 0 bridgehead atoms. The second kappa shape index (κ2) is 10.5. The number of benzene rings is 2. The SMILES string of the molecule is CN.CNc1cc(C)c(C#N)c2nc3ccccc3n12.Cc1cc(Cl)n2c(nc3ccccc32)c1C#N. The van der Waals surface area contributed by atoms with E-state index in [0.717, 1.165) is 39.0 Å². The molecule has 0 spiro atoms. The van der Waals surface area contributed by atoms with Crippen molar-refractivity contribution in [2.75, 3.05) is 19.4 Å². The van der Waals surface area contributed by atoms with Crippen molar-refractivity contribution < 1.29 is 0 Å². The van der Waals surface area contributed by atoms with E-state index in [4.69, 9.17) is 11.6 Å². The van der Waals surface area contributed by atoms with E-state index in [-0.39, 0.29) is 0 Å². The highest BCUT2D eigenvalue weighted by molar-refractivity contribution is 6.30. The molecule has 0 saturated carbocycles. The first-order chi connectivity index (χ1) is 18.0. The maximum Gasteiger partial charge on any atom is 0.157 e. The van der Waals surface area contributed by atoms with Crippen molar-refractivity contribution in [1.82, 2.24) is 18.8 Å². The Hall–Kier alpha value is -4.63. The summed E-state index contributed by atoms with van der Waals surface area (Å²) in [6.45, 7) is 3.79. The van der Waals surface area contributed by atoms with Gasteiger partial charge < -0.3 is 11.1 Å². The number of aromatic nitrogens is 4. The van der Waals surface area contributed by atoms with Crippen molar-refractivity contribution in [3.05, 3.63) is 88.1 Å². The number of fused-ring (bicyclic) bond motifs is 6. The van der Waals surface area contributed by atoms with Gasteiger partial charge in [-0.15, -0.1) is 0 Å². The number of rotatable bonds is 1. The molecule has 37 heavy (non-hydrogen) atoms. The molecule has 4 aromatic heterocycles. The first-order valence-corrected chi connectivity index (χ1v) is 11.9. The molecule has 6 rings (SSSR count). The van der Waals surface area contributed by atoms with Gasteiger partial charge in [0, 0.05) is 7.05 Å². The summed E-state index contributed by atoms with van der Waals surface area (Å²) < 4.78 is 3.79. The number of para-hydroxylation sites is 4. The lowest BCUT2D eigenvalue weighted by Crippen LogP contribution is -2.01. The van der Waals surface area contributed by atoms with Crippen molar-refractivity contribution in [2.45, 2.75) is 13.8 Å². The van der Waals surface area contributed by atoms with E-state index in [1.54, 1.807) is 6.07 Å². The van der Waals surface area contributed by atoms with Crippen molar-refractivity contribution in [2.24, 2.45) is 5.73 Å². The number of nitriles is 2. The minimum atomic E-state index is 0.574. The third-order valence-electron chi connectivity index (χ3n) is 5.98. The number of anilines is 1. The molecule has 0 aliphatic heterocycles. The van der Waals surface area contributed by atoms with Crippen LogP contribution in [0.25, 0.3) is 33.4 Å². The third-order valence-corrected chi connectivity index (χ3v) is 6.26. The van der Waals surface area contributed by atoms with Crippen molar-refractivity contribution in [3.8, 4) is 12.1 Å². The topological polar surface area (TPSA) is 120 Å². The summed E-state index contributed by atoms with van der Waals surface area (Å²) in [4.78, 5) is 9.02. The summed E-state index contributed by atoms with van der Waals surface area (Å²) in [5, 5.41) is 22.2. The Morgan fingerprint density at radius 2 is 1.24 bits per heavy atom. The molecule has 6 aromatic rings. The lowest BCUT2D eigenvalue weighted by molar-refractivity contribution is 1.18. The van der Waals surface area contributed by atoms with Crippen LogP contribution >= 0.6 is 11.6 Å². The smallest absolute Gasteiger partial charge is 0.157 e. The van der Waals surface area contributed by atoms with Gasteiger partial charge in [0.2, 0.25) is 0 Å². The zero-order chi connectivity index (χ0) is 26.7. The molecule has 184 valence electrons. The van der Waals surface area contributed by atoms with Crippen LogP contribution in [0.3, 0.4) is 0 Å². The van der Waals surface area contributed by atoms with E-state index in [9.17, 15) is 10.5 Å². The number of imidazole rings is 2. The lowest BCUT2D eigenvalue weighted by Gasteiger charge is -2.08. The molecule has 9 heteroatoms. The standard InChI is InChI=1S/C14H12N4.C13H8ClN3.CH5N/c1-9-7-13(16-2)18-12-6-4-3-5-11(12)17-14(18)10(9)8-15;1-8-6-12(14)17-11-5-3-2-4-10(11)16-13(17)9(8)7-15;1-2/h3-7,16H,1-2H3;2-6H,1H3;2H2,1H3. The van der Waals surface area contributed by atoms with Gasteiger partial charge in [0.05, 0.1) is 33.2 Å². The summed E-state index contributed by atoms with van der Waals surface area (Å²) in [7, 11) is 3.37. The molecule has 0 radical (unpaired) electrons. The highest BCUT2D eigenvalue weighted by Crippen LogP contribution is 2.27. The van der Waals surface area contributed by atoms with Crippen LogP contribution in [0.15, 0.2) is 60.7 Å². The number of halogens is 1. The summed E-state index contributed by atoms with van der Waals surface area (Å²) in [5.74, 6) is 0.940. The van der Waals surface area contributed by atoms with Gasteiger partial charge in [-0.25, -0.2) is 9.97 Å². The Kier molecular flexibility index (Phi) is 7.26. The monoisotopic (exact) mass is 508 g/mol. The van der Waals surface area contributed by atoms with Crippen LogP contribution in [-0.4, -0.2) is 32.9 Å². The zero-order valence-corrected chi connectivity index (χ0v) is 21.7. The van der Waals surface area contributed by atoms with Crippen LogP contribution in [0, 0.1) is 36.5 Å². The predicted molar refractivity (Wildman–Crippen MR) is 149 cm³/mol. The first kappa shape index (κ1) is 25.5. The molecular weight excluding hydrogens is 484 g/mol. The normalized spacial score (nSPS) is 10.4. The van der Waals surface area contributed by atoms with Crippen LogP contribution in [0.2, 0.25) is 5.15 Å². The van der Waals surface area contributed by atoms with Crippen LogP contribution in [0.5, 0.6) is 0 Å². The van der Waals surface area contributed by atoms with Gasteiger partial charge in [0.1, 0.15) is 23.1 Å².